The Hall–Kier alpha value is -5.75. The second-order valence-electron chi connectivity index (χ2n) is 10.1. The Labute approximate surface area is 249 Å². The van der Waals surface area contributed by atoms with Crippen molar-refractivity contribution in [2.45, 2.75) is 13.2 Å². The number of aromatic nitrogens is 3. The van der Waals surface area contributed by atoms with Crippen molar-refractivity contribution >= 4 is 16.8 Å². The molecule has 6 aromatic rings. The Kier molecular flexibility index (Phi) is 7.07. The van der Waals surface area contributed by atoms with E-state index < -0.39 is 0 Å². The van der Waals surface area contributed by atoms with E-state index in [1.165, 1.54) is 0 Å². The second kappa shape index (κ2) is 11.6. The van der Waals surface area contributed by atoms with Crippen molar-refractivity contribution in [2.75, 3.05) is 0 Å². The van der Waals surface area contributed by atoms with Crippen LogP contribution >= 0.6 is 0 Å². The van der Waals surface area contributed by atoms with Crippen LogP contribution in [0, 0.1) is 0 Å². The highest BCUT2D eigenvalue weighted by Gasteiger charge is 2.19. The first-order chi connectivity index (χ1) is 21.3. The van der Waals surface area contributed by atoms with E-state index in [4.69, 9.17) is 9.15 Å². The van der Waals surface area contributed by atoms with E-state index in [1.807, 2.05) is 49.7 Å². The van der Waals surface area contributed by atoms with Crippen LogP contribution in [0.3, 0.4) is 0 Å². The summed E-state index contributed by atoms with van der Waals surface area (Å²) < 4.78 is 11.3. The van der Waals surface area contributed by atoms with Gasteiger partial charge in [0.05, 0.1) is 6.20 Å². The maximum Gasteiger partial charge on any atom is 0.245 e. The standard InChI is InChI=1S/C37H28N4O2/c1-2-3-5-10-28-22-31(27-13-15-38-33(23-27)36-40-17-19-42-36)32-21-26(25-8-6-4-7-9-25)11-12-30(32)35(28)29-14-16-39-34(24-29)37-41-18-20-43-37/h2-24,36,40H,1H3/b3-2-,10-5-. The molecule has 1 aliphatic heterocycles. The van der Waals surface area contributed by atoms with Gasteiger partial charge in [0.1, 0.15) is 23.9 Å². The fourth-order valence-electron chi connectivity index (χ4n) is 5.47. The van der Waals surface area contributed by atoms with Crippen molar-refractivity contribution in [3.05, 3.63) is 146 Å². The predicted molar refractivity (Wildman–Crippen MR) is 171 cm³/mol. The van der Waals surface area contributed by atoms with Crippen LogP contribution in [0.15, 0.2) is 139 Å². The van der Waals surface area contributed by atoms with Crippen molar-refractivity contribution in [1.29, 1.82) is 0 Å². The monoisotopic (exact) mass is 560 g/mol. The van der Waals surface area contributed by atoms with Crippen LogP contribution in [-0.2, 0) is 4.74 Å². The van der Waals surface area contributed by atoms with Crippen molar-refractivity contribution in [3.63, 3.8) is 0 Å². The molecule has 43 heavy (non-hydrogen) atoms. The lowest BCUT2D eigenvalue weighted by atomic mass is 9.86. The second-order valence-corrected chi connectivity index (χ2v) is 10.1. The van der Waals surface area contributed by atoms with Gasteiger partial charge < -0.3 is 14.5 Å². The number of fused-ring (bicyclic) bond motifs is 1. The average Bonchev–Trinajstić information content (AvgIpc) is 3.81. The Morgan fingerprint density at radius 2 is 1.63 bits per heavy atom. The quantitative estimate of drug-likeness (QED) is 0.197. The van der Waals surface area contributed by atoms with Crippen molar-refractivity contribution in [3.8, 4) is 45.0 Å². The molecule has 7 rings (SSSR count). The molecule has 3 aromatic carbocycles. The van der Waals surface area contributed by atoms with Gasteiger partial charge in [-0.25, -0.2) is 4.98 Å². The molecule has 0 bridgehead atoms. The van der Waals surface area contributed by atoms with Gasteiger partial charge in [-0.15, -0.1) is 0 Å². The summed E-state index contributed by atoms with van der Waals surface area (Å²) in [6.07, 6.45) is 18.3. The van der Waals surface area contributed by atoms with Gasteiger partial charge in [-0.2, -0.15) is 0 Å². The van der Waals surface area contributed by atoms with E-state index in [0.29, 0.717) is 11.6 Å². The van der Waals surface area contributed by atoms with Gasteiger partial charge in [-0.1, -0.05) is 66.8 Å². The minimum Gasteiger partial charge on any atom is -0.471 e. The molecule has 0 spiro atoms. The number of pyridine rings is 2. The largest absolute Gasteiger partial charge is 0.471 e. The van der Waals surface area contributed by atoms with Gasteiger partial charge in [-0.05, 0) is 93.0 Å². The third-order valence-electron chi connectivity index (χ3n) is 7.45. The number of allylic oxidation sites excluding steroid dienone is 3. The van der Waals surface area contributed by atoms with Crippen LogP contribution in [0.5, 0.6) is 0 Å². The molecule has 6 nitrogen and oxygen atoms in total. The van der Waals surface area contributed by atoms with E-state index in [-0.39, 0.29) is 6.23 Å². The lowest BCUT2D eigenvalue weighted by molar-refractivity contribution is 0.150. The average molecular weight is 561 g/mol. The molecule has 1 unspecified atom stereocenters. The number of benzene rings is 3. The minimum absolute atomic E-state index is 0.315. The molecular formula is C37H28N4O2. The molecule has 208 valence electrons. The van der Waals surface area contributed by atoms with Gasteiger partial charge in [0.15, 0.2) is 0 Å². The Bertz CT molecular complexity index is 1990. The third kappa shape index (κ3) is 5.22. The zero-order valence-electron chi connectivity index (χ0n) is 23.5. The summed E-state index contributed by atoms with van der Waals surface area (Å²) in [7, 11) is 0. The van der Waals surface area contributed by atoms with Crippen LogP contribution in [0.4, 0.5) is 0 Å². The van der Waals surface area contributed by atoms with E-state index in [2.05, 4.69) is 93.1 Å². The zero-order chi connectivity index (χ0) is 29.0. The van der Waals surface area contributed by atoms with Gasteiger partial charge in [0.25, 0.3) is 0 Å². The Morgan fingerprint density at radius 3 is 2.44 bits per heavy atom. The summed E-state index contributed by atoms with van der Waals surface area (Å²) in [5.41, 5.74) is 9.17. The maximum atomic E-state index is 5.71. The number of rotatable bonds is 7. The number of oxazole rings is 1. The van der Waals surface area contributed by atoms with Crippen LogP contribution < -0.4 is 5.32 Å². The normalized spacial score (nSPS) is 14.5. The van der Waals surface area contributed by atoms with E-state index >= 15 is 0 Å². The van der Waals surface area contributed by atoms with Gasteiger partial charge in [-0.3, -0.25) is 9.97 Å². The zero-order valence-corrected chi connectivity index (χ0v) is 23.5. The molecule has 3 aromatic heterocycles. The lowest BCUT2D eigenvalue weighted by Crippen LogP contribution is -2.12. The fourth-order valence-corrected chi connectivity index (χ4v) is 5.47. The SMILES string of the molecule is C/C=C\C=C/c1cc(-c2ccnc(C3NC=CO3)c2)c2cc(-c3ccccc3)ccc2c1-c1ccnc(-c2ncco2)c1. The summed E-state index contributed by atoms with van der Waals surface area (Å²) in [5, 5.41) is 5.46. The summed E-state index contributed by atoms with van der Waals surface area (Å²) >= 11 is 0. The summed E-state index contributed by atoms with van der Waals surface area (Å²) in [6, 6.07) is 27.7. The highest BCUT2D eigenvalue weighted by molar-refractivity contribution is 6.09. The number of nitrogens with one attached hydrogen (secondary N) is 1. The molecule has 0 radical (unpaired) electrons. The first-order valence-electron chi connectivity index (χ1n) is 14.1. The number of hydrogen-bond donors (Lipinski definition) is 1. The van der Waals surface area contributed by atoms with Crippen LogP contribution in [0.2, 0.25) is 0 Å². The van der Waals surface area contributed by atoms with Crippen LogP contribution in [0.1, 0.15) is 24.4 Å². The van der Waals surface area contributed by atoms with Crippen LogP contribution in [0.25, 0.3) is 61.8 Å². The molecule has 0 saturated heterocycles. The van der Waals surface area contributed by atoms with Gasteiger partial charge in [0, 0.05) is 18.6 Å². The molecule has 0 amide bonds. The van der Waals surface area contributed by atoms with Gasteiger partial charge >= 0.3 is 0 Å². The maximum absolute atomic E-state index is 5.71. The molecule has 1 N–H and O–H groups in total. The molecular weight excluding hydrogens is 532 g/mol. The number of nitrogens with zero attached hydrogens (tertiary/aromatic N) is 3. The summed E-state index contributed by atoms with van der Waals surface area (Å²) in [4.78, 5) is 13.5. The number of ether oxygens (including phenoxy) is 1. The molecule has 4 heterocycles. The first kappa shape index (κ1) is 26.2. The third-order valence-corrected chi connectivity index (χ3v) is 7.45. The summed E-state index contributed by atoms with van der Waals surface area (Å²) in [5.74, 6) is 0.488. The molecule has 1 atom stereocenters. The molecule has 0 saturated carbocycles. The fraction of sp³-hybridized carbons (Fsp3) is 0.0541. The minimum atomic E-state index is -0.315. The Balaban J connectivity index is 1.50. The topological polar surface area (TPSA) is 73.1 Å². The summed E-state index contributed by atoms with van der Waals surface area (Å²) in [6.45, 7) is 2.01. The lowest BCUT2D eigenvalue weighted by Gasteiger charge is -2.18. The highest BCUT2D eigenvalue weighted by Crippen LogP contribution is 2.42. The highest BCUT2D eigenvalue weighted by atomic mass is 16.5. The van der Waals surface area contributed by atoms with E-state index in [9.17, 15) is 0 Å². The van der Waals surface area contributed by atoms with Gasteiger partial charge in [0.2, 0.25) is 12.1 Å². The van der Waals surface area contributed by atoms with Crippen LogP contribution in [-0.4, -0.2) is 15.0 Å². The van der Waals surface area contributed by atoms with Crippen molar-refractivity contribution < 1.29 is 9.15 Å². The van der Waals surface area contributed by atoms with Crippen molar-refractivity contribution in [2.24, 2.45) is 0 Å². The first-order valence-corrected chi connectivity index (χ1v) is 14.1. The predicted octanol–water partition coefficient (Wildman–Crippen LogP) is 8.96. The molecule has 0 aliphatic carbocycles. The smallest absolute Gasteiger partial charge is 0.245 e. The molecule has 1 aliphatic rings. The Morgan fingerprint density at radius 1 is 0.744 bits per heavy atom. The molecule has 6 heteroatoms. The number of hydrogen-bond acceptors (Lipinski definition) is 6. The van der Waals surface area contributed by atoms with Crippen molar-refractivity contribution in [1.82, 2.24) is 20.3 Å². The van der Waals surface area contributed by atoms with E-state index in [1.54, 1.807) is 24.9 Å². The molecule has 0 fully saturated rings. The van der Waals surface area contributed by atoms with E-state index in [0.717, 1.165) is 55.4 Å².